The van der Waals surface area contributed by atoms with E-state index in [2.05, 4.69) is 4.90 Å². The van der Waals surface area contributed by atoms with Crippen LogP contribution in [0.1, 0.15) is 30.4 Å². The minimum Gasteiger partial charge on any atom is -0.299 e. The van der Waals surface area contributed by atoms with Crippen molar-refractivity contribution in [3.63, 3.8) is 0 Å². The van der Waals surface area contributed by atoms with Crippen LogP contribution >= 0.6 is 0 Å². The van der Waals surface area contributed by atoms with Gasteiger partial charge in [-0.25, -0.2) is 4.39 Å². The zero-order valence-corrected chi connectivity index (χ0v) is 9.30. The van der Waals surface area contributed by atoms with Crippen molar-refractivity contribution < 1.29 is 4.39 Å². The molecule has 0 N–H and O–H groups in total. The molecule has 0 bridgehead atoms. The molecule has 1 aromatic rings. The number of aryl methyl sites for hydroxylation is 1. The molecule has 1 aliphatic heterocycles. The van der Waals surface area contributed by atoms with Crippen LogP contribution in [0.2, 0.25) is 0 Å². The number of piperidine rings is 1. The Labute approximate surface area is 90.9 Å². The summed E-state index contributed by atoms with van der Waals surface area (Å²) in [5.74, 6) is -0.0996. The predicted octanol–water partition coefficient (Wildman–Crippen LogP) is 3.12. The molecule has 0 aromatic heterocycles. The topological polar surface area (TPSA) is 3.24 Å². The van der Waals surface area contributed by atoms with E-state index in [4.69, 9.17) is 0 Å². The minimum absolute atomic E-state index is 0.0996. The highest BCUT2D eigenvalue weighted by Crippen LogP contribution is 2.15. The second-order valence-electron chi connectivity index (χ2n) is 4.42. The lowest BCUT2D eigenvalue weighted by Crippen LogP contribution is -2.29. The van der Waals surface area contributed by atoms with Crippen molar-refractivity contribution in [2.45, 2.75) is 32.7 Å². The normalized spacial score (nSPS) is 18.0. The summed E-state index contributed by atoms with van der Waals surface area (Å²) in [7, 11) is 0. The van der Waals surface area contributed by atoms with Gasteiger partial charge in [0, 0.05) is 6.54 Å². The van der Waals surface area contributed by atoms with Crippen molar-refractivity contribution in [2.24, 2.45) is 0 Å². The van der Waals surface area contributed by atoms with E-state index >= 15 is 0 Å². The number of hydrogen-bond acceptors (Lipinski definition) is 1. The van der Waals surface area contributed by atoms with E-state index in [1.54, 1.807) is 6.07 Å². The average molecular weight is 207 g/mol. The number of rotatable bonds is 2. The Bertz CT molecular complexity index is 329. The first-order chi connectivity index (χ1) is 7.25. The summed E-state index contributed by atoms with van der Waals surface area (Å²) in [4.78, 5) is 2.45. The van der Waals surface area contributed by atoms with Gasteiger partial charge in [-0.3, -0.25) is 4.90 Å². The summed E-state index contributed by atoms with van der Waals surface area (Å²) in [5.41, 5.74) is 1.99. The highest BCUT2D eigenvalue weighted by Gasteiger charge is 2.10. The SMILES string of the molecule is Cc1cc(CN2CCCCC2)ccc1F. The van der Waals surface area contributed by atoms with Gasteiger partial charge in [-0.05, 0) is 50.0 Å². The van der Waals surface area contributed by atoms with Crippen molar-refractivity contribution in [2.75, 3.05) is 13.1 Å². The summed E-state index contributed by atoms with van der Waals surface area (Å²) in [6.07, 6.45) is 3.97. The second kappa shape index (κ2) is 4.75. The van der Waals surface area contributed by atoms with E-state index in [0.717, 1.165) is 12.1 Å². The van der Waals surface area contributed by atoms with Crippen LogP contribution in [0.5, 0.6) is 0 Å². The Kier molecular flexibility index (Phi) is 3.37. The molecule has 0 unspecified atom stereocenters. The van der Waals surface area contributed by atoms with Gasteiger partial charge in [0.15, 0.2) is 0 Å². The second-order valence-corrected chi connectivity index (χ2v) is 4.42. The van der Waals surface area contributed by atoms with E-state index < -0.39 is 0 Å². The van der Waals surface area contributed by atoms with Gasteiger partial charge >= 0.3 is 0 Å². The maximum atomic E-state index is 13.1. The molecular formula is C13H18FN. The Morgan fingerprint density at radius 2 is 1.93 bits per heavy atom. The van der Waals surface area contributed by atoms with Gasteiger partial charge in [0.25, 0.3) is 0 Å². The molecule has 0 amide bonds. The third-order valence-electron chi connectivity index (χ3n) is 3.08. The number of halogens is 1. The van der Waals surface area contributed by atoms with Crippen LogP contribution in [-0.4, -0.2) is 18.0 Å². The maximum Gasteiger partial charge on any atom is 0.126 e. The first kappa shape index (κ1) is 10.6. The lowest BCUT2D eigenvalue weighted by atomic mass is 10.1. The van der Waals surface area contributed by atoms with Crippen molar-refractivity contribution in [3.05, 3.63) is 35.1 Å². The van der Waals surface area contributed by atoms with Crippen molar-refractivity contribution >= 4 is 0 Å². The molecule has 0 radical (unpaired) electrons. The van der Waals surface area contributed by atoms with Crippen LogP contribution in [0.4, 0.5) is 4.39 Å². The fourth-order valence-electron chi connectivity index (χ4n) is 2.18. The van der Waals surface area contributed by atoms with Crippen LogP contribution in [0, 0.1) is 12.7 Å². The molecule has 2 rings (SSSR count). The molecule has 1 nitrogen and oxygen atoms in total. The molecule has 0 aliphatic carbocycles. The quantitative estimate of drug-likeness (QED) is 0.720. The van der Waals surface area contributed by atoms with Crippen molar-refractivity contribution in [1.29, 1.82) is 0 Å². The molecule has 1 saturated heterocycles. The standard InChI is InChI=1S/C13H18FN/c1-11-9-12(5-6-13(11)14)10-15-7-3-2-4-8-15/h5-6,9H,2-4,7-8,10H2,1H3. The molecular weight excluding hydrogens is 189 g/mol. The molecule has 82 valence electrons. The molecule has 1 heterocycles. The van der Waals surface area contributed by atoms with Gasteiger partial charge < -0.3 is 0 Å². The van der Waals surface area contributed by atoms with Crippen LogP contribution < -0.4 is 0 Å². The van der Waals surface area contributed by atoms with Gasteiger partial charge in [-0.2, -0.15) is 0 Å². The van der Waals surface area contributed by atoms with Crippen LogP contribution in [-0.2, 0) is 6.54 Å². The first-order valence-corrected chi connectivity index (χ1v) is 5.73. The van der Waals surface area contributed by atoms with Gasteiger partial charge in [0.1, 0.15) is 5.82 Å². The smallest absolute Gasteiger partial charge is 0.126 e. The van der Waals surface area contributed by atoms with Crippen LogP contribution in [0.15, 0.2) is 18.2 Å². The molecule has 0 spiro atoms. The van der Waals surface area contributed by atoms with E-state index in [1.807, 2.05) is 19.1 Å². The fraction of sp³-hybridized carbons (Fsp3) is 0.538. The highest BCUT2D eigenvalue weighted by molar-refractivity contribution is 5.23. The lowest BCUT2D eigenvalue weighted by molar-refractivity contribution is 0.221. The molecule has 0 atom stereocenters. The van der Waals surface area contributed by atoms with Crippen LogP contribution in [0.3, 0.4) is 0 Å². The molecule has 1 aliphatic rings. The summed E-state index contributed by atoms with van der Waals surface area (Å²) in [6, 6.07) is 5.44. The minimum atomic E-state index is -0.0996. The molecule has 15 heavy (non-hydrogen) atoms. The van der Waals surface area contributed by atoms with Crippen LogP contribution in [0.25, 0.3) is 0 Å². The molecule has 1 aromatic carbocycles. The summed E-state index contributed by atoms with van der Waals surface area (Å²) in [5, 5.41) is 0. The van der Waals surface area contributed by atoms with E-state index in [-0.39, 0.29) is 5.82 Å². The number of likely N-dealkylation sites (tertiary alicyclic amines) is 1. The summed E-state index contributed by atoms with van der Waals surface area (Å²) >= 11 is 0. The Balaban J connectivity index is 2.00. The van der Waals surface area contributed by atoms with Gasteiger partial charge in [0.2, 0.25) is 0 Å². The zero-order valence-electron chi connectivity index (χ0n) is 9.30. The Morgan fingerprint density at radius 3 is 2.60 bits per heavy atom. The van der Waals surface area contributed by atoms with Gasteiger partial charge in [-0.1, -0.05) is 18.6 Å². The first-order valence-electron chi connectivity index (χ1n) is 5.73. The summed E-state index contributed by atoms with van der Waals surface area (Å²) in [6.45, 7) is 5.18. The summed E-state index contributed by atoms with van der Waals surface area (Å²) < 4.78 is 13.1. The van der Waals surface area contributed by atoms with Crippen molar-refractivity contribution in [3.8, 4) is 0 Å². The predicted molar refractivity (Wildman–Crippen MR) is 60.3 cm³/mol. The average Bonchev–Trinajstić information content (AvgIpc) is 2.25. The monoisotopic (exact) mass is 207 g/mol. The third kappa shape index (κ3) is 2.78. The fourth-order valence-corrected chi connectivity index (χ4v) is 2.18. The molecule has 1 fully saturated rings. The highest BCUT2D eigenvalue weighted by atomic mass is 19.1. The van der Waals surface area contributed by atoms with Crippen molar-refractivity contribution in [1.82, 2.24) is 4.90 Å². The maximum absolute atomic E-state index is 13.1. The zero-order chi connectivity index (χ0) is 10.7. The Morgan fingerprint density at radius 1 is 1.20 bits per heavy atom. The van der Waals surface area contributed by atoms with E-state index in [1.165, 1.54) is 37.9 Å². The van der Waals surface area contributed by atoms with Gasteiger partial charge in [0.05, 0.1) is 0 Å². The molecule has 0 saturated carbocycles. The van der Waals surface area contributed by atoms with E-state index in [0.29, 0.717) is 0 Å². The third-order valence-corrected chi connectivity index (χ3v) is 3.08. The Hall–Kier alpha value is -0.890. The number of nitrogens with zero attached hydrogens (tertiary/aromatic N) is 1. The lowest BCUT2D eigenvalue weighted by Gasteiger charge is -2.26. The number of benzene rings is 1. The van der Waals surface area contributed by atoms with Gasteiger partial charge in [-0.15, -0.1) is 0 Å². The number of hydrogen-bond donors (Lipinski definition) is 0. The van der Waals surface area contributed by atoms with E-state index in [9.17, 15) is 4.39 Å². The molecule has 2 heteroatoms. The largest absolute Gasteiger partial charge is 0.299 e.